The second-order valence-electron chi connectivity index (χ2n) is 7.85. The van der Waals surface area contributed by atoms with Gasteiger partial charge in [0.15, 0.2) is 6.29 Å². The van der Waals surface area contributed by atoms with Crippen LogP contribution in [0.25, 0.3) is 0 Å². The van der Waals surface area contributed by atoms with Gasteiger partial charge in [0.1, 0.15) is 30.2 Å². The third-order valence-corrected chi connectivity index (χ3v) is 6.13. The van der Waals surface area contributed by atoms with Gasteiger partial charge in [-0.15, -0.1) is 0 Å². The summed E-state index contributed by atoms with van der Waals surface area (Å²) in [5, 5.41) is 11.3. The van der Waals surface area contributed by atoms with Crippen LogP contribution >= 0.6 is 0 Å². The number of methoxy groups -OCH3 is 1. The number of esters is 1. The molecule has 3 rings (SSSR count). The topological polar surface area (TPSA) is 83.5 Å². The molecule has 7 nitrogen and oxygen atoms in total. The number of aliphatic hydroxyl groups is 1. The van der Waals surface area contributed by atoms with Crippen LogP contribution in [-0.2, 0) is 30.3 Å². The average molecular weight is 394 g/mol. The molecular weight excluding hydrogens is 364 g/mol. The van der Waals surface area contributed by atoms with Crippen molar-refractivity contribution < 1.29 is 33.6 Å². The maximum absolute atomic E-state index is 11.3. The molecular formula is C21H30O7. The Kier molecular flexibility index (Phi) is 6.00. The fraction of sp³-hybridized carbons (Fsp3) is 0.667. The Bertz CT molecular complexity index is 686. The second kappa shape index (κ2) is 7.99. The highest BCUT2D eigenvalue weighted by Gasteiger charge is 2.70. The number of ether oxygens (including phenoxy) is 5. The lowest BCUT2D eigenvalue weighted by Crippen LogP contribution is -2.55. The highest BCUT2D eigenvalue weighted by molar-refractivity contribution is 5.65. The van der Waals surface area contributed by atoms with Crippen molar-refractivity contribution in [2.75, 3.05) is 13.7 Å². The second-order valence-corrected chi connectivity index (χ2v) is 7.85. The number of benzene rings is 1. The standard InChI is InChI=1S/C21H30O7/c1-6-17-21(4,23)20(3)18(16(12-25-13(2)22)27-19(20)28-17)26-11-14-7-9-15(24-5)10-8-14/h7-10,16-19,23H,6,11-12H2,1-5H3/t16-,17+,18+,19+,20+,21-/m1/s1. The SMILES string of the molecule is CC[C@@H]1O[C@@H]2O[C@H](COC(C)=O)[C@H](OCc3ccc(OC)cc3)[C@]2(C)[C@]1(C)O. The zero-order valence-corrected chi connectivity index (χ0v) is 17.1. The summed E-state index contributed by atoms with van der Waals surface area (Å²) in [5.74, 6) is 0.379. The van der Waals surface area contributed by atoms with E-state index in [2.05, 4.69) is 0 Å². The molecule has 0 amide bonds. The molecule has 0 aromatic heterocycles. The lowest BCUT2D eigenvalue weighted by Gasteiger charge is -2.41. The van der Waals surface area contributed by atoms with Crippen LogP contribution in [-0.4, -0.2) is 55.0 Å². The van der Waals surface area contributed by atoms with Gasteiger partial charge in [0, 0.05) is 6.92 Å². The summed E-state index contributed by atoms with van der Waals surface area (Å²) in [6.07, 6.45) is -1.37. The van der Waals surface area contributed by atoms with Crippen LogP contribution in [0, 0.1) is 5.41 Å². The van der Waals surface area contributed by atoms with Gasteiger partial charge >= 0.3 is 5.97 Å². The van der Waals surface area contributed by atoms with Gasteiger partial charge in [0.2, 0.25) is 0 Å². The number of fused-ring (bicyclic) bond motifs is 1. The highest BCUT2D eigenvalue weighted by Crippen LogP contribution is 2.56. The molecule has 2 heterocycles. The number of carbonyl (C=O) groups is 1. The van der Waals surface area contributed by atoms with Gasteiger partial charge in [-0.05, 0) is 38.0 Å². The minimum Gasteiger partial charge on any atom is -0.497 e. The monoisotopic (exact) mass is 394 g/mol. The van der Waals surface area contributed by atoms with Crippen LogP contribution in [0.1, 0.15) is 39.7 Å². The van der Waals surface area contributed by atoms with Crippen LogP contribution in [0.4, 0.5) is 0 Å². The van der Waals surface area contributed by atoms with E-state index in [9.17, 15) is 9.90 Å². The van der Waals surface area contributed by atoms with Crippen LogP contribution in [0.5, 0.6) is 5.75 Å². The molecule has 0 unspecified atom stereocenters. The predicted octanol–water partition coefficient (Wildman–Crippen LogP) is 2.43. The molecule has 0 radical (unpaired) electrons. The predicted molar refractivity (Wildman–Crippen MR) is 101 cm³/mol. The Hall–Kier alpha value is -1.67. The highest BCUT2D eigenvalue weighted by atomic mass is 16.7. The molecule has 0 saturated carbocycles. The Labute approximate surface area is 165 Å². The summed E-state index contributed by atoms with van der Waals surface area (Å²) in [5.41, 5.74) is -0.989. The summed E-state index contributed by atoms with van der Waals surface area (Å²) in [6.45, 7) is 7.37. The molecule has 1 aromatic rings. The zero-order chi connectivity index (χ0) is 20.5. The van der Waals surface area contributed by atoms with Crippen LogP contribution in [0.15, 0.2) is 24.3 Å². The van der Waals surface area contributed by atoms with Crippen molar-refractivity contribution in [3.8, 4) is 5.75 Å². The van der Waals surface area contributed by atoms with E-state index >= 15 is 0 Å². The van der Waals surface area contributed by atoms with Crippen LogP contribution in [0.3, 0.4) is 0 Å². The van der Waals surface area contributed by atoms with Gasteiger partial charge in [-0.25, -0.2) is 0 Å². The average Bonchev–Trinajstić information content (AvgIpc) is 3.05. The Balaban J connectivity index is 1.81. The van der Waals surface area contributed by atoms with Crippen molar-refractivity contribution in [3.63, 3.8) is 0 Å². The molecule has 2 fully saturated rings. The summed E-state index contributed by atoms with van der Waals surface area (Å²) in [7, 11) is 1.62. The summed E-state index contributed by atoms with van der Waals surface area (Å²) in [4.78, 5) is 11.3. The molecule has 1 aromatic carbocycles. The van der Waals surface area contributed by atoms with E-state index in [1.807, 2.05) is 38.1 Å². The maximum atomic E-state index is 11.3. The molecule has 2 aliphatic rings. The van der Waals surface area contributed by atoms with E-state index in [0.29, 0.717) is 13.0 Å². The first-order valence-electron chi connectivity index (χ1n) is 9.65. The van der Waals surface area contributed by atoms with E-state index in [1.54, 1.807) is 14.0 Å². The molecule has 6 atom stereocenters. The van der Waals surface area contributed by atoms with E-state index in [0.717, 1.165) is 11.3 Å². The Morgan fingerprint density at radius 2 is 1.89 bits per heavy atom. The first-order chi connectivity index (χ1) is 13.2. The molecule has 28 heavy (non-hydrogen) atoms. The molecule has 0 bridgehead atoms. The minimum atomic E-state index is -1.15. The van der Waals surface area contributed by atoms with Crippen molar-refractivity contribution in [3.05, 3.63) is 29.8 Å². The summed E-state index contributed by atoms with van der Waals surface area (Å²) >= 11 is 0. The van der Waals surface area contributed by atoms with Crippen molar-refractivity contribution in [2.24, 2.45) is 5.41 Å². The molecule has 0 aliphatic carbocycles. The normalized spacial score (nSPS) is 36.9. The number of hydrogen-bond acceptors (Lipinski definition) is 7. The summed E-state index contributed by atoms with van der Waals surface area (Å²) in [6, 6.07) is 7.58. The molecule has 1 N–H and O–H groups in total. The van der Waals surface area contributed by atoms with Crippen molar-refractivity contribution in [1.29, 1.82) is 0 Å². The molecule has 156 valence electrons. The molecule has 2 aliphatic heterocycles. The molecule has 0 spiro atoms. The largest absolute Gasteiger partial charge is 0.497 e. The van der Waals surface area contributed by atoms with E-state index in [1.165, 1.54) is 6.92 Å². The van der Waals surface area contributed by atoms with Gasteiger partial charge in [-0.1, -0.05) is 19.1 Å². The van der Waals surface area contributed by atoms with E-state index in [4.69, 9.17) is 23.7 Å². The van der Waals surface area contributed by atoms with E-state index < -0.39 is 29.5 Å². The van der Waals surface area contributed by atoms with Crippen molar-refractivity contribution in [1.82, 2.24) is 0 Å². The molecule has 7 heteroatoms. The fourth-order valence-corrected chi connectivity index (χ4v) is 4.23. The smallest absolute Gasteiger partial charge is 0.302 e. The number of hydrogen-bond donors (Lipinski definition) is 1. The minimum absolute atomic E-state index is 0.0466. The zero-order valence-electron chi connectivity index (χ0n) is 17.1. The van der Waals surface area contributed by atoms with Crippen molar-refractivity contribution in [2.45, 2.75) is 70.9 Å². The number of rotatable bonds is 7. The Morgan fingerprint density at radius 3 is 2.46 bits per heavy atom. The van der Waals surface area contributed by atoms with Gasteiger partial charge < -0.3 is 28.8 Å². The first-order valence-corrected chi connectivity index (χ1v) is 9.65. The lowest BCUT2D eigenvalue weighted by molar-refractivity contribution is -0.174. The van der Waals surface area contributed by atoms with E-state index in [-0.39, 0.29) is 18.7 Å². The quantitative estimate of drug-likeness (QED) is 0.711. The summed E-state index contributed by atoms with van der Waals surface area (Å²) < 4.78 is 28.6. The molecule has 2 saturated heterocycles. The third kappa shape index (κ3) is 3.52. The third-order valence-electron chi connectivity index (χ3n) is 6.13. The number of carbonyl (C=O) groups excluding carboxylic acids is 1. The van der Waals surface area contributed by atoms with Gasteiger partial charge in [0.05, 0.1) is 25.2 Å². The van der Waals surface area contributed by atoms with Crippen LogP contribution < -0.4 is 4.74 Å². The van der Waals surface area contributed by atoms with Gasteiger partial charge in [-0.2, -0.15) is 0 Å². The lowest BCUT2D eigenvalue weighted by atomic mass is 9.69. The van der Waals surface area contributed by atoms with Gasteiger partial charge in [-0.3, -0.25) is 4.79 Å². The maximum Gasteiger partial charge on any atom is 0.302 e. The van der Waals surface area contributed by atoms with Gasteiger partial charge in [0.25, 0.3) is 0 Å². The fourth-order valence-electron chi connectivity index (χ4n) is 4.23. The van der Waals surface area contributed by atoms with Crippen LogP contribution in [0.2, 0.25) is 0 Å². The van der Waals surface area contributed by atoms with Crippen molar-refractivity contribution >= 4 is 5.97 Å². The Morgan fingerprint density at radius 1 is 1.21 bits per heavy atom. The first kappa shape index (κ1) is 21.0.